The Balaban J connectivity index is 1.45. The van der Waals surface area contributed by atoms with Crippen LogP contribution < -0.4 is 5.32 Å². The highest BCUT2D eigenvalue weighted by molar-refractivity contribution is 7.90. The molecule has 1 aliphatic carbocycles. The first-order valence-electron chi connectivity index (χ1n) is 8.04. The number of para-hydroxylation sites is 1. The van der Waals surface area contributed by atoms with Crippen LogP contribution in [0.5, 0.6) is 0 Å². The monoisotopic (exact) mass is 336 g/mol. The Morgan fingerprint density at radius 1 is 1.17 bits per heavy atom. The molecule has 2 heterocycles. The molecule has 0 radical (unpaired) electrons. The first-order valence-corrected chi connectivity index (χ1v) is 9.54. The van der Waals surface area contributed by atoms with Crippen LogP contribution in [0.15, 0.2) is 30.3 Å². The molecule has 0 unspecified atom stereocenters. The van der Waals surface area contributed by atoms with Crippen LogP contribution in [0, 0.1) is 5.92 Å². The molecule has 6 nitrogen and oxygen atoms in total. The summed E-state index contributed by atoms with van der Waals surface area (Å²) in [5.74, 6) is -0.381. The zero-order valence-electron chi connectivity index (χ0n) is 12.7. The third-order valence-corrected chi connectivity index (χ3v) is 7.14. The largest absolute Gasteiger partial charge is 0.371 e. The van der Waals surface area contributed by atoms with Crippen molar-refractivity contribution in [1.82, 2.24) is 4.31 Å². The molecule has 7 heteroatoms. The van der Waals surface area contributed by atoms with E-state index in [1.807, 2.05) is 30.3 Å². The van der Waals surface area contributed by atoms with Crippen LogP contribution in [0.3, 0.4) is 0 Å². The number of hydrogen-bond donors (Lipinski definition) is 1. The fourth-order valence-corrected chi connectivity index (χ4v) is 5.32. The van der Waals surface area contributed by atoms with Crippen LogP contribution in [0.25, 0.3) is 0 Å². The standard InChI is InChI=1S/C16H20N2O4S/c19-16(17-11-4-2-1-3-5-11)14-8-12-9-18(10-15(14)22-12)23(20,21)13-6-7-13/h1-5,12-15H,6-10H2,(H,17,19)/t12-,14-,15-/m0/s1. The molecule has 0 aromatic heterocycles. The van der Waals surface area contributed by atoms with E-state index in [0.717, 1.165) is 18.5 Å². The number of carbonyl (C=O) groups is 1. The number of sulfonamides is 1. The molecule has 0 spiro atoms. The maximum Gasteiger partial charge on any atom is 0.230 e. The van der Waals surface area contributed by atoms with Gasteiger partial charge in [-0.25, -0.2) is 8.42 Å². The van der Waals surface area contributed by atoms with E-state index in [9.17, 15) is 13.2 Å². The molecular formula is C16H20N2O4S. The summed E-state index contributed by atoms with van der Waals surface area (Å²) < 4.78 is 32.2. The third-order valence-electron chi connectivity index (χ3n) is 4.81. The first kappa shape index (κ1) is 15.1. The smallest absolute Gasteiger partial charge is 0.230 e. The summed E-state index contributed by atoms with van der Waals surface area (Å²) in [6.07, 6.45) is 1.58. The number of benzene rings is 1. The minimum atomic E-state index is -3.20. The second-order valence-corrected chi connectivity index (χ2v) is 8.77. The number of nitrogens with zero attached hydrogens (tertiary/aromatic N) is 1. The Morgan fingerprint density at radius 3 is 2.61 bits per heavy atom. The summed E-state index contributed by atoms with van der Waals surface area (Å²) in [6, 6.07) is 9.29. The van der Waals surface area contributed by atoms with E-state index >= 15 is 0 Å². The zero-order chi connectivity index (χ0) is 16.0. The second kappa shape index (κ2) is 5.58. The molecule has 2 aliphatic heterocycles. The Morgan fingerprint density at radius 2 is 1.91 bits per heavy atom. The van der Waals surface area contributed by atoms with Gasteiger partial charge in [-0.1, -0.05) is 18.2 Å². The minimum absolute atomic E-state index is 0.0885. The van der Waals surface area contributed by atoms with E-state index in [4.69, 9.17) is 4.74 Å². The normalized spacial score (nSPS) is 31.0. The van der Waals surface area contributed by atoms with Crippen molar-refractivity contribution in [3.05, 3.63) is 30.3 Å². The molecule has 23 heavy (non-hydrogen) atoms. The van der Waals surface area contributed by atoms with Gasteiger partial charge in [0, 0.05) is 18.8 Å². The molecule has 1 amide bonds. The van der Waals surface area contributed by atoms with Crippen LogP contribution in [-0.4, -0.2) is 49.2 Å². The van der Waals surface area contributed by atoms with E-state index < -0.39 is 10.0 Å². The SMILES string of the molecule is O=C(Nc1ccccc1)[C@H]1C[C@H]2CN(S(=O)(=O)C3CC3)C[C@@H]1O2. The minimum Gasteiger partial charge on any atom is -0.371 e. The van der Waals surface area contributed by atoms with Crippen LogP contribution in [0.4, 0.5) is 5.69 Å². The molecule has 1 aromatic carbocycles. The van der Waals surface area contributed by atoms with Gasteiger partial charge >= 0.3 is 0 Å². The fraction of sp³-hybridized carbons (Fsp3) is 0.562. The number of anilines is 1. The molecule has 3 fully saturated rings. The van der Waals surface area contributed by atoms with Gasteiger partial charge in [-0.05, 0) is 31.4 Å². The predicted molar refractivity (Wildman–Crippen MR) is 85.4 cm³/mol. The van der Waals surface area contributed by atoms with Gasteiger partial charge in [0.25, 0.3) is 0 Å². The van der Waals surface area contributed by atoms with Gasteiger partial charge in [0.15, 0.2) is 0 Å². The van der Waals surface area contributed by atoms with E-state index in [1.54, 1.807) is 4.31 Å². The average molecular weight is 336 g/mol. The van der Waals surface area contributed by atoms with Crippen LogP contribution in [0.2, 0.25) is 0 Å². The molecule has 4 rings (SSSR count). The maximum absolute atomic E-state index is 12.5. The molecule has 1 saturated carbocycles. The van der Waals surface area contributed by atoms with E-state index in [2.05, 4.69) is 5.32 Å². The Labute approximate surface area is 135 Å². The number of fused-ring (bicyclic) bond motifs is 2. The Hall–Kier alpha value is -1.44. The van der Waals surface area contributed by atoms with Gasteiger partial charge < -0.3 is 10.1 Å². The lowest BCUT2D eigenvalue weighted by molar-refractivity contribution is -0.122. The molecule has 1 N–H and O–H groups in total. The number of amides is 1. The van der Waals surface area contributed by atoms with Gasteiger partial charge in [-0.2, -0.15) is 4.31 Å². The average Bonchev–Trinajstić information content (AvgIpc) is 3.35. The van der Waals surface area contributed by atoms with Crippen molar-refractivity contribution < 1.29 is 17.9 Å². The van der Waals surface area contributed by atoms with Crippen molar-refractivity contribution in [1.29, 1.82) is 0 Å². The quantitative estimate of drug-likeness (QED) is 0.897. The molecule has 2 bridgehead atoms. The van der Waals surface area contributed by atoms with Crippen molar-refractivity contribution in [2.24, 2.45) is 5.92 Å². The van der Waals surface area contributed by atoms with Gasteiger partial charge in [0.2, 0.25) is 15.9 Å². The fourth-order valence-electron chi connectivity index (χ4n) is 3.44. The van der Waals surface area contributed by atoms with E-state index in [1.165, 1.54) is 0 Å². The van der Waals surface area contributed by atoms with Crippen LogP contribution in [0.1, 0.15) is 19.3 Å². The summed E-state index contributed by atoms with van der Waals surface area (Å²) in [7, 11) is -3.20. The number of carbonyl (C=O) groups excluding carboxylic acids is 1. The number of hydrogen-bond acceptors (Lipinski definition) is 4. The molecule has 1 aromatic rings. The van der Waals surface area contributed by atoms with Crippen molar-refractivity contribution in [2.45, 2.75) is 36.7 Å². The highest BCUT2D eigenvalue weighted by atomic mass is 32.2. The van der Waals surface area contributed by atoms with Gasteiger partial charge in [0.1, 0.15) is 0 Å². The highest BCUT2D eigenvalue weighted by Gasteiger charge is 2.50. The van der Waals surface area contributed by atoms with Gasteiger partial charge in [-0.15, -0.1) is 0 Å². The predicted octanol–water partition coefficient (Wildman–Crippen LogP) is 1.21. The number of morpholine rings is 1. The molecule has 2 saturated heterocycles. The number of ether oxygens (including phenoxy) is 1. The van der Waals surface area contributed by atoms with Gasteiger partial charge in [0.05, 0.1) is 23.4 Å². The summed E-state index contributed by atoms with van der Waals surface area (Å²) in [5, 5.41) is 2.69. The highest BCUT2D eigenvalue weighted by Crippen LogP contribution is 2.38. The van der Waals surface area contributed by atoms with Crippen molar-refractivity contribution in [2.75, 3.05) is 18.4 Å². The third kappa shape index (κ3) is 2.88. The first-order chi connectivity index (χ1) is 11.0. The Kier molecular flexibility index (Phi) is 3.66. The lowest BCUT2D eigenvalue weighted by Crippen LogP contribution is -2.48. The number of rotatable bonds is 4. The van der Waals surface area contributed by atoms with E-state index in [0.29, 0.717) is 19.5 Å². The summed E-state index contributed by atoms with van der Waals surface area (Å²) in [4.78, 5) is 12.5. The lowest BCUT2D eigenvalue weighted by atomic mass is 9.99. The van der Waals surface area contributed by atoms with Crippen LogP contribution in [-0.2, 0) is 19.6 Å². The topological polar surface area (TPSA) is 75.7 Å². The maximum atomic E-state index is 12.5. The lowest BCUT2D eigenvalue weighted by Gasteiger charge is -2.32. The molecule has 3 atom stereocenters. The van der Waals surface area contributed by atoms with Crippen LogP contribution >= 0.6 is 0 Å². The summed E-state index contributed by atoms with van der Waals surface area (Å²) >= 11 is 0. The van der Waals surface area contributed by atoms with Crippen molar-refractivity contribution >= 4 is 21.6 Å². The molecule has 124 valence electrons. The van der Waals surface area contributed by atoms with E-state index in [-0.39, 0.29) is 29.3 Å². The molecule has 3 aliphatic rings. The van der Waals surface area contributed by atoms with Gasteiger partial charge in [-0.3, -0.25) is 4.79 Å². The Bertz CT molecular complexity index is 702. The summed E-state index contributed by atoms with van der Waals surface area (Å²) in [6.45, 7) is 0.673. The second-order valence-electron chi connectivity index (χ2n) is 6.56. The zero-order valence-corrected chi connectivity index (χ0v) is 13.5. The number of nitrogens with one attached hydrogen (secondary N) is 1. The van der Waals surface area contributed by atoms with Crippen molar-refractivity contribution in [3.8, 4) is 0 Å². The van der Waals surface area contributed by atoms with Crippen molar-refractivity contribution in [3.63, 3.8) is 0 Å². The summed E-state index contributed by atoms with van der Waals surface area (Å²) in [5.41, 5.74) is 0.751. The molecular weight excluding hydrogens is 316 g/mol.